The number of primary amides is 1. The second-order valence-corrected chi connectivity index (χ2v) is 4.33. The highest BCUT2D eigenvalue weighted by Gasteiger charge is 2.19. The number of nitrogens with zero attached hydrogens (tertiary/aromatic N) is 2. The van der Waals surface area contributed by atoms with E-state index < -0.39 is 5.91 Å². The van der Waals surface area contributed by atoms with E-state index in [1.807, 2.05) is 20.8 Å². The number of hydrogen-bond donors (Lipinski definition) is 2. The third kappa shape index (κ3) is 2.25. The Bertz CT molecular complexity index is 348. The van der Waals surface area contributed by atoms with Gasteiger partial charge < -0.3 is 11.5 Å². The number of aromatic nitrogens is 2. The average Bonchev–Trinajstić information content (AvgIpc) is 2.30. The van der Waals surface area contributed by atoms with Crippen LogP contribution < -0.4 is 11.5 Å². The quantitative estimate of drug-likeness (QED) is 0.710. The molecule has 1 amide bonds. The van der Waals surface area contributed by atoms with Crippen molar-refractivity contribution in [2.24, 2.45) is 5.73 Å². The van der Waals surface area contributed by atoms with E-state index in [1.54, 1.807) is 6.07 Å². The molecule has 0 spiro atoms. The van der Waals surface area contributed by atoms with Gasteiger partial charge in [-0.25, -0.2) is 4.68 Å². The van der Waals surface area contributed by atoms with Gasteiger partial charge in [-0.05, 0) is 0 Å². The Hall–Kier alpha value is -1.52. The molecule has 1 aromatic heterocycles. The smallest absolute Gasteiger partial charge is 0.239 e. The Morgan fingerprint density at radius 2 is 2.14 bits per heavy atom. The Labute approximate surface area is 83.1 Å². The van der Waals surface area contributed by atoms with E-state index in [2.05, 4.69) is 5.10 Å². The normalized spacial score (nSPS) is 11.6. The molecule has 5 nitrogen and oxygen atoms in total. The third-order valence-electron chi connectivity index (χ3n) is 1.89. The topological polar surface area (TPSA) is 86.9 Å². The van der Waals surface area contributed by atoms with Crippen LogP contribution in [0, 0.1) is 0 Å². The lowest BCUT2D eigenvalue weighted by molar-refractivity contribution is -0.118. The van der Waals surface area contributed by atoms with Gasteiger partial charge in [0.2, 0.25) is 5.91 Å². The monoisotopic (exact) mass is 196 g/mol. The summed E-state index contributed by atoms with van der Waals surface area (Å²) in [6.07, 6.45) is 0. The van der Waals surface area contributed by atoms with Gasteiger partial charge in [0, 0.05) is 11.5 Å². The van der Waals surface area contributed by atoms with Crippen LogP contribution in [-0.2, 0) is 16.8 Å². The van der Waals surface area contributed by atoms with Crippen molar-refractivity contribution < 1.29 is 4.79 Å². The molecule has 4 N–H and O–H groups in total. The largest absolute Gasteiger partial charge is 0.384 e. The standard InChI is InChI=1S/C9H16N4O/c1-9(2,3)6-4-7(10)13(12-6)5-8(11)14/h4H,5,10H2,1-3H3,(H2,11,14). The second-order valence-electron chi connectivity index (χ2n) is 4.33. The molecular weight excluding hydrogens is 180 g/mol. The van der Waals surface area contributed by atoms with Gasteiger partial charge in [-0.1, -0.05) is 20.8 Å². The molecule has 0 aliphatic rings. The molecule has 5 heteroatoms. The molecule has 0 saturated heterocycles. The number of nitrogens with two attached hydrogens (primary N) is 2. The summed E-state index contributed by atoms with van der Waals surface area (Å²) in [4.78, 5) is 10.7. The number of hydrogen-bond acceptors (Lipinski definition) is 3. The van der Waals surface area contributed by atoms with E-state index >= 15 is 0 Å². The van der Waals surface area contributed by atoms with Gasteiger partial charge in [0.25, 0.3) is 0 Å². The van der Waals surface area contributed by atoms with E-state index in [1.165, 1.54) is 4.68 Å². The molecule has 0 unspecified atom stereocenters. The highest BCUT2D eigenvalue weighted by molar-refractivity contribution is 5.73. The van der Waals surface area contributed by atoms with E-state index in [4.69, 9.17) is 11.5 Å². The Kier molecular flexibility index (Phi) is 2.51. The fourth-order valence-corrected chi connectivity index (χ4v) is 1.07. The van der Waals surface area contributed by atoms with E-state index in [0.29, 0.717) is 5.82 Å². The molecule has 0 radical (unpaired) electrons. The molecule has 0 saturated carbocycles. The number of carbonyl (C=O) groups excluding carboxylic acids is 1. The zero-order valence-corrected chi connectivity index (χ0v) is 8.74. The van der Waals surface area contributed by atoms with Crippen LogP contribution in [0.5, 0.6) is 0 Å². The van der Waals surface area contributed by atoms with E-state index in [0.717, 1.165) is 5.69 Å². The van der Waals surface area contributed by atoms with Crippen molar-refractivity contribution in [2.45, 2.75) is 32.7 Å². The van der Waals surface area contributed by atoms with Crippen LogP contribution in [0.4, 0.5) is 5.82 Å². The number of rotatable bonds is 2. The number of carbonyl (C=O) groups is 1. The van der Waals surface area contributed by atoms with Crippen molar-refractivity contribution >= 4 is 11.7 Å². The van der Waals surface area contributed by atoms with Gasteiger partial charge in [-0.2, -0.15) is 5.10 Å². The maximum Gasteiger partial charge on any atom is 0.239 e. The Balaban J connectivity index is 2.99. The van der Waals surface area contributed by atoms with Crippen LogP contribution in [0.15, 0.2) is 6.07 Å². The summed E-state index contributed by atoms with van der Waals surface area (Å²) in [5, 5.41) is 4.21. The van der Waals surface area contributed by atoms with Gasteiger partial charge in [-0.3, -0.25) is 4.79 Å². The molecule has 1 heterocycles. The lowest BCUT2D eigenvalue weighted by Gasteiger charge is -2.13. The van der Waals surface area contributed by atoms with E-state index in [9.17, 15) is 4.79 Å². The number of anilines is 1. The average molecular weight is 196 g/mol. The summed E-state index contributed by atoms with van der Waals surface area (Å²) in [5.74, 6) is 0.0222. The van der Waals surface area contributed by atoms with Crippen LogP contribution in [0.3, 0.4) is 0 Å². The lowest BCUT2D eigenvalue weighted by atomic mass is 9.92. The Morgan fingerprint density at radius 3 is 2.50 bits per heavy atom. The molecule has 0 fully saturated rings. The lowest BCUT2D eigenvalue weighted by Crippen LogP contribution is -2.21. The number of nitrogen functional groups attached to an aromatic ring is 1. The van der Waals surface area contributed by atoms with Crippen LogP contribution >= 0.6 is 0 Å². The molecule has 1 rings (SSSR count). The predicted octanol–water partition coefficient (Wildman–Crippen LogP) is 0.248. The molecular formula is C9H16N4O. The van der Waals surface area contributed by atoms with Gasteiger partial charge in [0.1, 0.15) is 12.4 Å². The first-order valence-electron chi connectivity index (χ1n) is 4.43. The molecule has 0 bridgehead atoms. The van der Waals surface area contributed by atoms with Crippen LogP contribution in [0.2, 0.25) is 0 Å². The van der Waals surface area contributed by atoms with Crippen LogP contribution in [-0.4, -0.2) is 15.7 Å². The van der Waals surface area contributed by atoms with Crippen molar-refractivity contribution in [1.82, 2.24) is 9.78 Å². The predicted molar refractivity (Wildman–Crippen MR) is 54.5 cm³/mol. The summed E-state index contributed by atoms with van der Waals surface area (Å²) in [5.41, 5.74) is 11.5. The SMILES string of the molecule is CC(C)(C)c1cc(N)n(CC(N)=O)n1. The minimum Gasteiger partial charge on any atom is -0.384 e. The Morgan fingerprint density at radius 1 is 1.57 bits per heavy atom. The van der Waals surface area contributed by atoms with Crippen molar-refractivity contribution in [2.75, 3.05) is 5.73 Å². The summed E-state index contributed by atoms with van der Waals surface area (Å²) in [6.45, 7) is 6.12. The van der Waals surface area contributed by atoms with E-state index in [-0.39, 0.29) is 12.0 Å². The third-order valence-corrected chi connectivity index (χ3v) is 1.89. The highest BCUT2D eigenvalue weighted by atomic mass is 16.1. The molecule has 1 aromatic rings. The zero-order chi connectivity index (χ0) is 10.9. The molecule has 14 heavy (non-hydrogen) atoms. The molecule has 78 valence electrons. The van der Waals surface area contributed by atoms with Crippen molar-refractivity contribution in [3.63, 3.8) is 0 Å². The van der Waals surface area contributed by atoms with Crippen molar-refractivity contribution in [3.05, 3.63) is 11.8 Å². The fraction of sp³-hybridized carbons (Fsp3) is 0.556. The van der Waals surface area contributed by atoms with Crippen molar-refractivity contribution in [1.29, 1.82) is 0 Å². The number of amides is 1. The minimum atomic E-state index is -0.444. The van der Waals surface area contributed by atoms with Crippen molar-refractivity contribution in [3.8, 4) is 0 Å². The van der Waals surface area contributed by atoms with Gasteiger partial charge >= 0.3 is 0 Å². The maximum atomic E-state index is 10.7. The molecule has 0 aliphatic heterocycles. The molecule has 0 aromatic carbocycles. The first-order valence-corrected chi connectivity index (χ1v) is 4.43. The summed E-state index contributed by atoms with van der Waals surface area (Å²) in [6, 6.07) is 1.77. The zero-order valence-electron chi connectivity index (χ0n) is 8.74. The summed E-state index contributed by atoms with van der Waals surface area (Å²) in [7, 11) is 0. The summed E-state index contributed by atoms with van der Waals surface area (Å²) >= 11 is 0. The first kappa shape index (κ1) is 10.6. The maximum absolute atomic E-state index is 10.7. The second kappa shape index (κ2) is 3.32. The first-order chi connectivity index (χ1) is 6.30. The van der Waals surface area contributed by atoms with Crippen LogP contribution in [0.1, 0.15) is 26.5 Å². The molecule has 0 aliphatic carbocycles. The van der Waals surface area contributed by atoms with Crippen LogP contribution in [0.25, 0.3) is 0 Å². The summed E-state index contributed by atoms with van der Waals surface area (Å²) < 4.78 is 1.42. The molecule has 0 atom stereocenters. The van der Waals surface area contributed by atoms with Gasteiger partial charge in [-0.15, -0.1) is 0 Å². The minimum absolute atomic E-state index is 0.0297. The fourth-order valence-electron chi connectivity index (χ4n) is 1.07. The van der Waals surface area contributed by atoms with Gasteiger partial charge in [0.05, 0.1) is 5.69 Å². The van der Waals surface area contributed by atoms with Gasteiger partial charge in [0.15, 0.2) is 0 Å². The highest BCUT2D eigenvalue weighted by Crippen LogP contribution is 2.22.